The molecule has 0 N–H and O–H groups in total. The zero-order valence-electron chi connectivity index (χ0n) is 28.8. The predicted octanol–water partition coefficient (Wildman–Crippen LogP) is 10.4. The van der Waals surface area contributed by atoms with Gasteiger partial charge in [0, 0.05) is 34.4 Å². The second kappa shape index (κ2) is 14.7. The number of furan rings is 1. The van der Waals surface area contributed by atoms with Gasteiger partial charge in [-0.1, -0.05) is 78.9 Å². The average Bonchev–Trinajstić information content (AvgIpc) is 3.47. The summed E-state index contributed by atoms with van der Waals surface area (Å²) in [4.78, 5) is 9.04. The molecule has 0 aliphatic rings. The summed E-state index contributed by atoms with van der Waals surface area (Å²) in [6.07, 6.45) is 2.26. The van der Waals surface area contributed by atoms with Crippen LogP contribution in [0.2, 0.25) is 17.3 Å². The zero-order valence-corrected chi connectivity index (χ0v) is 31.3. The summed E-state index contributed by atoms with van der Waals surface area (Å²) in [7, 11) is 0. The Bertz CT molecular complexity index is 2120. The molecule has 46 heavy (non-hydrogen) atoms. The molecule has 0 unspecified atom stereocenters. The largest absolute Gasteiger partial charge is 0 e. The molecule has 0 bridgehead atoms. The standard InChI is InChI=1S/C27H22NO.C14H16GeN.Ir/c1-18(2)15-19-13-14-28-25(16-19)24-10-6-9-23-22-12-11-21(17-26(22)29-27(23)24)20-7-4-3-5-8-20;1-15(2,3)13-9-10-14(16-11-13)12-7-5-4-6-8-12;/h3-9,11-14,16-18H,15H2,1-2H3;4-7,9-11H,1-3H3;/q2*-1;/i15D2;;. The van der Waals surface area contributed by atoms with Gasteiger partial charge in [-0.05, 0) is 41.2 Å². The molecule has 0 fully saturated rings. The Morgan fingerprint density at radius 1 is 0.761 bits per heavy atom. The molecule has 4 aromatic carbocycles. The van der Waals surface area contributed by atoms with E-state index in [9.17, 15) is 0 Å². The van der Waals surface area contributed by atoms with E-state index < -0.39 is 19.6 Å². The van der Waals surface area contributed by atoms with Crippen LogP contribution in [0.25, 0.3) is 55.6 Å². The Morgan fingerprint density at radius 3 is 2.26 bits per heavy atom. The maximum Gasteiger partial charge on any atom is 0 e. The van der Waals surface area contributed by atoms with Crippen LogP contribution in [-0.4, -0.2) is 23.2 Å². The van der Waals surface area contributed by atoms with E-state index in [4.69, 9.17) is 7.16 Å². The monoisotopic (exact) mass is 843 g/mol. The van der Waals surface area contributed by atoms with E-state index in [0.717, 1.165) is 49.9 Å². The van der Waals surface area contributed by atoms with Crippen molar-refractivity contribution < 1.29 is 27.3 Å². The van der Waals surface area contributed by atoms with Gasteiger partial charge < -0.3 is 9.40 Å². The molecule has 0 saturated carbocycles. The maximum absolute atomic E-state index is 8.44. The summed E-state index contributed by atoms with van der Waals surface area (Å²) in [5.74, 6) is 6.99. The zero-order chi connectivity index (χ0) is 33.2. The van der Waals surface area contributed by atoms with Crippen molar-refractivity contribution in [3.05, 3.63) is 139 Å². The molecule has 7 aromatic rings. The SMILES string of the molecule is [2H]C([2H])(c1ccnc(-c2[c-]ccc3c2oc2cc(-c4ccccc4)ccc23)c1)C(C)C.[CH3][Ge]([CH3])([CH3])[c]1ccc(-c2[c-]cccc2)nc1.[Ir]. The number of hydrogen-bond acceptors (Lipinski definition) is 3. The fraction of sp³-hybridized carbons (Fsp3) is 0.171. The van der Waals surface area contributed by atoms with Crippen LogP contribution in [0.4, 0.5) is 0 Å². The van der Waals surface area contributed by atoms with Gasteiger partial charge in [0.25, 0.3) is 0 Å². The Balaban J connectivity index is 0.000000224. The van der Waals surface area contributed by atoms with Crippen molar-refractivity contribution in [3.63, 3.8) is 0 Å². The summed E-state index contributed by atoms with van der Waals surface area (Å²) >= 11 is -1.72. The fourth-order valence-electron chi connectivity index (χ4n) is 5.28. The molecule has 0 saturated heterocycles. The summed E-state index contributed by atoms with van der Waals surface area (Å²) in [6, 6.07) is 42.7. The molecule has 0 aliphatic carbocycles. The molecular formula is C41H38GeIrN2O-2. The molecule has 0 atom stereocenters. The van der Waals surface area contributed by atoms with Gasteiger partial charge in [-0.3, -0.25) is 0 Å². The van der Waals surface area contributed by atoms with Gasteiger partial charge in [-0.15, -0.1) is 18.2 Å². The molecule has 5 heteroatoms. The van der Waals surface area contributed by atoms with Gasteiger partial charge in [0.05, 0.1) is 5.58 Å². The Morgan fingerprint density at radius 2 is 1.57 bits per heavy atom. The predicted molar refractivity (Wildman–Crippen MR) is 191 cm³/mol. The van der Waals surface area contributed by atoms with Crippen molar-refractivity contribution in [2.45, 2.75) is 37.5 Å². The third-order valence-electron chi connectivity index (χ3n) is 7.63. The van der Waals surface area contributed by atoms with Gasteiger partial charge in [-0.25, -0.2) is 0 Å². The van der Waals surface area contributed by atoms with Crippen molar-refractivity contribution in [1.29, 1.82) is 0 Å². The van der Waals surface area contributed by atoms with E-state index in [0.29, 0.717) is 11.3 Å². The summed E-state index contributed by atoms with van der Waals surface area (Å²) < 4.78 is 24.6. The number of rotatable bonds is 6. The van der Waals surface area contributed by atoms with E-state index in [1.165, 1.54) is 4.40 Å². The molecule has 3 nitrogen and oxygen atoms in total. The molecular weight excluding hydrogens is 801 g/mol. The molecule has 1 radical (unpaired) electrons. The van der Waals surface area contributed by atoms with Crippen LogP contribution in [0.3, 0.4) is 0 Å². The number of fused-ring (bicyclic) bond motifs is 3. The smallest absolute Gasteiger partial charge is 0 e. The van der Waals surface area contributed by atoms with E-state index in [-0.39, 0.29) is 26.0 Å². The summed E-state index contributed by atoms with van der Waals surface area (Å²) in [6.45, 7) is 3.77. The molecule has 233 valence electrons. The van der Waals surface area contributed by atoms with Crippen molar-refractivity contribution in [1.82, 2.24) is 9.97 Å². The molecule has 7 rings (SSSR count). The van der Waals surface area contributed by atoms with Crippen LogP contribution in [0, 0.1) is 18.1 Å². The minimum atomic E-state index is -1.72. The quantitative estimate of drug-likeness (QED) is 0.124. The normalized spacial score (nSPS) is 12.2. The van der Waals surface area contributed by atoms with Gasteiger partial charge in [0.15, 0.2) is 0 Å². The van der Waals surface area contributed by atoms with Gasteiger partial charge >= 0.3 is 99.8 Å². The second-order valence-electron chi connectivity index (χ2n) is 12.5. The first kappa shape index (κ1) is 30.8. The molecule has 0 spiro atoms. The number of hydrogen-bond donors (Lipinski definition) is 0. The van der Waals surface area contributed by atoms with Crippen LogP contribution in [0.15, 0.2) is 126 Å². The minimum Gasteiger partial charge on any atom is 0 e. The van der Waals surface area contributed by atoms with E-state index in [1.807, 2.05) is 80.7 Å². The van der Waals surface area contributed by atoms with Crippen molar-refractivity contribution in [3.8, 4) is 33.6 Å². The van der Waals surface area contributed by atoms with Gasteiger partial charge in [-0.2, -0.15) is 0 Å². The van der Waals surface area contributed by atoms with Crippen molar-refractivity contribution in [2.24, 2.45) is 5.92 Å². The average molecular weight is 842 g/mol. The van der Waals surface area contributed by atoms with Gasteiger partial charge in [0.1, 0.15) is 5.58 Å². The van der Waals surface area contributed by atoms with Crippen LogP contribution < -0.4 is 4.40 Å². The van der Waals surface area contributed by atoms with Gasteiger partial charge in [0.2, 0.25) is 0 Å². The molecule has 3 heterocycles. The third-order valence-corrected chi connectivity index (χ3v) is 11.9. The second-order valence-corrected chi connectivity index (χ2v) is 23.1. The van der Waals surface area contributed by atoms with E-state index in [2.05, 4.69) is 81.8 Å². The Kier molecular flexibility index (Phi) is 9.86. The minimum absolute atomic E-state index is 0. The van der Waals surface area contributed by atoms with Crippen molar-refractivity contribution >= 4 is 39.6 Å². The van der Waals surface area contributed by atoms with E-state index >= 15 is 0 Å². The molecule has 0 aliphatic heterocycles. The van der Waals surface area contributed by atoms with Crippen LogP contribution >= 0.6 is 0 Å². The third kappa shape index (κ3) is 7.75. The van der Waals surface area contributed by atoms with Crippen LogP contribution in [0.5, 0.6) is 0 Å². The first-order chi connectivity index (χ1) is 22.5. The number of benzene rings is 4. The van der Waals surface area contributed by atoms with E-state index in [1.54, 1.807) is 12.3 Å². The fourth-order valence-corrected chi connectivity index (χ4v) is 7.45. The first-order valence-corrected chi connectivity index (χ1v) is 22.7. The summed E-state index contributed by atoms with van der Waals surface area (Å²) in [5, 5.41) is 2.04. The summed E-state index contributed by atoms with van der Waals surface area (Å²) in [5.41, 5.74) is 7.87. The van der Waals surface area contributed by atoms with Crippen molar-refractivity contribution in [2.75, 3.05) is 0 Å². The Hall–Kier alpha value is -3.83. The van der Waals surface area contributed by atoms with Crippen LogP contribution in [-0.2, 0) is 26.5 Å². The number of aromatic nitrogens is 2. The number of pyridine rings is 2. The topological polar surface area (TPSA) is 38.9 Å². The maximum atomic E-state index is 8.44. The first-order valence-electron chi connectivity index (χ1n) is 16.4. The van der Waals surface area contributed by atoms with Crippen LogP contribution in [0.1, 0.15) is 22.2 Å². The molecule has 3 aromatic heterocycles. The number of nitrogens with zero attached hydrogens (tertiary/aromatic N) is 2. The molecule has 0 amide bonds. The Labute approximate surface area is 291 Å².